The molecule has 1 amide bonds. The molecule has 6 heteroatoms. The van der Waals surface area contributed by atoms with Gasteiger partial charge in [-0.15, -0.1) is 0 Å². The predicted molar refractivity (Wildman–Crippen MR) is 105 cm³/mol. The number of H-pyrrole nitrogens is 1. The van der Waals surface area contributed by atoms with Gasteiger partial charge in [0.1, 0.15) is 5.82 Å². The first-order valence-electron chi connectivity index (χ1n) is 9.00. The van der Waals surface area contributed by atoms with Crippen molar-refractivity contribution in [3.8, 4) is 0 Å². The number of fused-ring (bicyclic) bond motifs is 2. The van der Waals surface area contributed by atoms with Crippen LogP contribution >= 0.6 is 0 Å². The largest absolute Gasteiger partial charge is 0.383 e. The summed E-state index contributed by atoms with van der Waals surface area (Å²) in [6.45, 7) is 1.78. The fourth-order valence-electron chi connectivity index (χ4n) is 3.35. The Labute approximate surface area is 157 Å². The lowest BCUT2D eigenvalue weighted by Gasteiger charge is -2.03. The zero-order valence-electron chi connectivity index (χ0n) is 15.2. The lowest BCUT2D eigenvalue weighted by molar-refractivity contribution is -0.120. The van der Waals surface area contributed by atoms with Crippen LogP contribution in [-0.2, 0) is 29.0 Å². The highest BCUT2D eigenvalue weighted by Gasteiger charge is 2.12. The van der Waals surface area contributed by atoms with Crippen LogP contribution in [0.15, 0.2) is 54.7 Å². The lowest BCUT2D eigenvalue weighted by atomic mass is 10.1. The second-order valence-corrected chi connectivity index (χ2v) is 6.51. The van der Waals surface area contributed by atoms with Crippen LogP contribution in [-0.4, -0.2) is 34.2 Å². The molecule has 0 unspecified atom stereocenters. The summed E-state index contributed by atoms with van der Waals surface area (Å²) in [6, 6.07) is 16.0. The minimum atomic E-state index is -0.0231. The molecule has 0 aliphatic heterocycles. The number of nitrogens with zero attached hydrogens (tertiary/aromatic N) is 2. The highest BCUT2D eigenvalue weighted by atomic mass is 16.5. The second-order valence-electron chi connectivity index (χ2n) is 6.51. The smallest absolute Gasteiger partial charge is 0.224 e. The molecule has 138 valence electrons. The first kappa shape index (κ1) is 17.3. The van der Waals surface area contributed by atoms with Gasteiger partial charge in [-0.3, -0.25) is 4.79 Å². The fraction of sp³-hybridized carbons (Fsp3) is 0.238. The van der Waals surface area contributed by atoms with Gasteiger partial charge in [0.05, 0.1) is 30.6 Å². The van der Waals surface area contributed by atoms with E-state index < -0.39 is 0 Å². The number of para-hydroxylation sites is 3. The predicted octanol–water partition coefficient (Wildman–Crippen LogP) is 3.02. The number of hydrogen-bond acceptors (Lipinski definition) is 3. The summed E-state index contributed by atoms with van der Waals surface area (Å²) in [6.07, 6.45) is 2.38. The van der Waals surface area contributed by atoms with E-state index >= 15 is 0 Å². The van der Waals surface area contributed by atoms with Crippen LogP contribution < -0.4 is 5.32 Å². The zero-order chi connectivity index (χ0) is 18.6. The molecule has 0 saturated carbocycles. The molecule has 0 radical (unpaired) electrons. The molecular weight excluding hydrogens is 340 g/mol. The van der Waals surface area contributed by atoms with Crippen molar-refractivity contribution in [3.05, 3.63) is 66.1 Å². The molecule has 0 aliphatic carbocycles. The molecule has 0 bridgehead atoms. The van der Waals surface area contributed by atoms with Crippen molar-refractivity contribution in [3.63, 3.8) is 0 Å². The van der Waals surface area contributed by atoms with Gasteiger partial charge in [0.15, 0.2) is 0 Å². The van der Waals surface area contributed by atoms with Crippen LogP contribution in [0.2, 0.25) is 0 Å². The molecule has 0 atom stereocenters. The van der Waals surface area contributed by atoms with Crippen LogP contribution in [0.3, 0.4) is 0 Å². The Kier molecular flexibility index (Phi) is 4.89. The number of benzene rings is 2. The average Bonchev–Trinajstić information content (AvgIpc) is 3.26. The van der Waals surface area contributed by atoms with Crippen molar-refractivity contribution in [2.24, 2.45) is 0 Å². The number of ether oxygens (including phenoxy) is 1. The average molecular weight is 362 g/mol. The number of aromatic nitrogens is 3. The molecule has 2 aromatic heterocycles. The van der Waals surface area contributed by atoms with Gasteiger partial charge in [-0.05, 0) is 23.8 Å². The van der Waals surface area contributed by atoms with Gasteiger partial charge in [0.2, 0.25) is 5.91 Å². The number of carbonyl (C=O) groups excluding carboxylic acids is 1. The molecule has 0 aliphatic rings. The Morgan fingerprint density at radius 1 is 1.19 bits per heavy atom. The van der Waals surface area contributed by atoms with E-state index in [-0.39, 0.29) is 5.91 Å². The van der Waals surface area contributed by atoms with E-state index in [0.717, 1.165) is 39.9 Å². The Morgan fingerprint density at radius 3 is 2.85 bits per heavy atom. The van der Waals surface area contributed by atoms with Gasteiger partial charge in [0, 0.05) is 30.8 Å². The summed E-state index contributed by atoms with van der Waals surface area (Å²) < 4.78 is 7.33. The van der Waals surface area contributed by atoms with Crippen LogP contribution in [0.1, 0.15) is 11.4 Å². The van der Waals surface area contributed by atoms with Crippen molar-refractivity contribution >= 4 is 27.8 Å². The summed E-state index contributed by atoms with van der Waals surface area (Å²) in [4.78, 5) is 20.2. The molecule has 0 saturated heterocycles. The van der Waals surface area contributed by atoms with Gasteiger partial charge in [-0.25, -0.2) is 4.98 Å². The maximum absolute atomic E-state index is 12.5. The first-order valence-corrected chi connectivity index (χ1v) is 9.00. The molecule has 0 spiro atoms. The van der Waals surface area contributed by atoms with E-state index in [1.165, 1.54) is 0 Å². The Morgan fingerprint density at radius 2 is 2.00 bits per heavy atom. The third-order valence-corrected chi connectivity index (χ3v) is 4.65. The number of amides is 1. The molecule has 27 heavy (non-hydrogen) atoms. The van der Waals surface area contributed by atoms with E-state index in [2.05, 4.69) is 32.0 Å². The normalized spacial score (nSPS) is 11.3. The maximum atomic E-state index is 12.5. The van der Waals surface area contributed by atoms with Crippen molar-refractivity contribution < 1.29 is 9.53 Å². The fourth-order valence-corrected chi connectivity index (χ4v) is 3.35. The van der Waals surface area contributed by atoms with Crippen molar-refractivity contribution in [2.45, 2.75) is 19.5 Å². The molecule has 6 nitrogen and oxygen atoms in total. The number of methoxy groups -OCH3 is 1. The van der Waals surface area contributed by atoms with E-state index in [1.807, 2.05) is 42.6 Å². The number of rotatable bonds is 7. The third kappa shape index (κ3) is 3.71. The summed E-state index contributed by atoms with van der Waals surface area (Å²) in [5.74, 6) is 0.733. The summed E-state index contributed by atoms with van der Waals surface area (Å²) in [7, 11) is 1.69. The van der Waals surface area contributed by atoms with E-state index in [0.29, 0.717) is 19.6 Å². The Balaban J connectivity index is 1.46. The highest BCUT2D eigenvalue weighted by molar-refractivity contribution is 5.89. The van der Waals surface area contributed by atoms with E-state index in [1.54, 1.807) is 7.11 Å². The number of carbonyl (C=O) groups is 1. The zero-order valence-corrected chi connectivity index (χ0v) is 15.2. The molecule has 2 heterocycles. The maximum Gasteiger partial charge on any atom is 0.224 e. The van der Waals surface area contributed by atoms with Gasteiger partial charge < -0.3 is 19.6 Å². The second kappa shape index (κ2) is 7.63. The number of imidazole rings is 1. The van der Waals surface area contributed by atoms with E-state index in [9.17, 15) is 4.79 Å². The van der Waals surface area contributed by atoms with Gasteiger partial charge >= 0.3 is 0 Å². The van der Waals surface area contributed by atoms with Gasteiger partial charge in [-0.1, -0.05) is 30.3 Å². The molecular formula is C21H22N4O2. The Hall–Kier alpha value is -3.12. The number of aromatic amines is 1. The molecule has 0 fully saturated rings. The van der Waals surface area contributed by atoms with Gasteiger partial charge in [0.25, 0.3) is 0 Å². The SMILES string of the molecule is COCCn1cc(CC(=O)NCc2nc3ccccc3[nH]2)c2ccccc21. The third-order valence-electron chi connectivity index (χ3n) is 4.65. The lowest BCUT2D eigenvalue weighted by Crippen LogP contribution is -2.25. The highest BCUT2D eigenvalue weighted by Crippen LogP contribution is 2.22. The quantitative estimate of drug-likeness (QED) is 0.531. The standard InChI is InChI=1S/C21H22N4O2/c1-27-11-10-25-14-15(16-6-2-5-9-19(16)25)12-21(26)22-13-20-23-17-7-3-4-8-18(17)24-20/h2-9,14H,10-13H2,1H3,(H,22,26)(H,23,24). The Bertz CT molecular complexity index is 1050. The van der Waals surface area contributed by atoms with Crippen molar-refractivity contribution in [2.75, 3.05) is 13.7 Å². The number of nitrogens with one attached hydrogen (secondary N) is 2. The van der Waals surface area contributed by atoms with Crippen molar-refractivity contribution in [1.29, 1.82) is 0 Å². The summed E-state index contributed by atoms with van der Waals surface area (Å²) >= 11 is 0. The minimum absolute atomic E-state index is 0.0231. The molecule has 2 aromatic carbocycles. The molecule has 4 aromatic rings. The van der Waals surface area contributed by atoms with Crippen LogP contribution in [0.5, 0.6) is 0 Å². The van der Waals surface area contributed by atoms with Crippen LogP contribution in [0.4, 0.5) is 0 Å². The summed E-state index contributed by atoms with van der Waals surface area (Å²) in [5, 5.41) is 4.06. The summed E-state index contributed by atoms with van der Waals surface area (Å²) in [5.41, 5.74) is 4.02. The van der Waals surface area contributed by atoms with Crippen LogP contribution in [0, 0.1) is 0 Å². The first-order chi connectivity index (χ1) is 13.2. The van der Waals surface area contributed by atoms with Crippen molar-refractivity contribution in [1.82, 2.24) is 19.9 Å². The van der Waals surface area contributed by atoms with Crippen LogP contribution in [0.25, 0.3) is 21.9 Å². The van der Waals surface area contributed by atoms with E-state index in [4.69, 9.17) is 4.74 Å². The minimum Gasteiger partial charge on any atom is -0.383 e. The number of hydrogen-bond donors (Lipinski definition) is 2. The monoisotopic (exact) mass is 362 g/mol. The topological polar surface area (TPSA) is 71.9 Å². The molecule has 2 N–H and O–H groups in total. The molecule has 4 rings (SSSR count). The van der Waals surface area contributed by atoms with Gasteiger partial charge in [-0.2, -0.15) is 0 Å².